The van der Waals surface area contributed by atoms with Crippen LogP contribution in [0.15, 0.2) is 78.9 Å². The summed E-state index contributed by atoms with van der Waals surface area (Å²) in [4.78, 5) is 25.9. The zero-order chi connectivity index (χ0) is 21.8. The summed E-state index contributed by atoms with van der Waals surface area (Å²) in [5, 5.41) is 12.6. The minimum Gasteiger partial charge on any atom is -0.394 e. The van der Waals surface area contributed by atoms with Gasteiger partial charge in [0.05, 0.1) is 12.6 Å². The zero-order valence-corrected chi connectivity index (χ0v) is 17.2. The maximum absolute atomic E-state index is 12.6. The second-order valence-corrected chi connectivity index (χ2v) is 7.51. The molecule has 3 aromatic rings. The van der Waals surface area contributed by atoms with Crippen molar-refractivity contribution in [2.24, 2.45) is 0 Å². The Kier molecular flexibility index (Phi) is 6.11. The largest absolute Gasteiger partial charge is 0.394 e. The Morgan fingerprint density at radius 1 is 1.00 bits per heavy atom. The number of hydrogen-bond donors (Lipinski definition) is 2. The second-order valence-electron chi connectivity index (χ2n) is 7.51. The second kappa shape index (κ2) is 9.12. The van der Waals surface area contributed by atoms with Crippen LogP contribution in [-0.4, -0.2) is 48.1 Å². The molecule has 0 bridgehead atoms. The molecule has 1 fully saturated rings. The highest BCUT2D eigenvalue weighted by Gasteiger charge is 2.34. The molecule has 2 N–H and O–H groups in total. The molecule has 31 heavy (non-hydrogen) atoms. The highest BCUT2D eigenvalue weighted by Crippen LogP contribution is 2.29. The number of nitrogens with one attached hydrogen (secondary N) is 1. The normalized spacial score (nSPS) is 18.6. The van der Waals surface area contributed by atoms with E-state index in [9.17, 15) is 14.7 Å². The van der Waals surface area contributed by atoms with Crippen molar-refractivity contribution in [3.8, 4) is 11.1 Å². The first kappa shape index (κ1) is 20.8. The number of morpholine rings is 1. The molecule has 158 valence electrons. The summed E-state index contributed by atoms with van der Waals surface area (Å²) in [7, 11) is 1.66. The number of nitrogens with zero attached hydrogens (tertiary/aromatic N) is 1. The summed E-state index contributed by atoms with van der Waals surface area (Å²) in [6.07, 6.45) is -0.414. The summed E-state index contributed by atoms with van der Waals surface area (Å²) < 4.78 is 5.65. The molecule has 6 nitrogen and oxygen atoms in total. The number of amides is 2. The van der Waals surface area contributed by atoms with E-state index in [0.29, 0.717) is 11.3 Å². The smallest absolute Gasteiger partial charge is 0.255 e. The van der Waals surface area contributed by atoms with Crippen LogP contribution >= 0.6 is 0 Å². The van der Waals surface area contributed by atoms with E-state index in [1.807, 2.05) is 54.6 Å². The first-order valence-corrected chi connectivity index (χ1v) is 10.1. The van der Waals surface area contributed by atoms with Gasteiger partial charge in [-0.2, -0.15) is 0 Å². The summed E-state index contributed by atoms with van der Waals surface area (Å²) >= 11 is 0. The van der Waals surface area contributed by atoms with Gasteiger partial charge >= 0.3 is 0 Å². The predicted octanol–water partition coefficient (Wildman–Crippen LogP) is 3.50. The van der Waals surface area contributed by atoms with Crippen LogP contribution in [-0.2, 0) is 9.53 Å². The Bertz CT molecular complexity index is 1050. The Hall–Kier alpha value is -3.48. The van der Waals surface area contributed by atoms with Crippen LogP contribution in [0.25, 0.3) is 11.1 Å². The van der Waals surface area contributed by atoms with E-state index in [1.165, 1.54) is 4.90 Å². The van der Waals surface area contributed by atoms with Gasteiger partial charge in [0.1, 0.15) is 12.7 Å². The predicted molar refractivity (Wildman–Crippen MR) is 119 cm³/mol. The van der Waals surface area contributed by atoms with Gasteiger partial charge in [-0.05, 0) is 41.0 Å². The molecule has 0 spiro atoms. The van der Waals surface area contributed by atoms with Crippen LogP contribution in [0, 0.1) is 0 Å². The summed E-state index contributed by atoms with van der Waals surface area (Å²) in [6, 6.07) is 24.3. The van der Waals surface area contributed by atoms with E-state index in [0.717, 1.165) is 16.7 Å². The minimum atomic E-state index is -0.440. The zero-order valence-electron chi connectivity index (χ0n) is 17.2. The number of aliphatic hydroxyl groups is 1. The molecule has 1 heterocycles. The number of rotatable bonds is 5. The van der Waals surface area contributed by atoms with Crippen LogP contribution < -0.4 is 5.32 Å². The Balaban J connectivity index is 1.43. The van der Waals surface area contributed by atoms with Crippen molar-refractivity contribution in [3.63, 3.8) is 0 Å². The molecule has 0 saturated carbocycles. The van der Waals surface area contributed by atoms with Gasteiger partial charge in [-0.25, -0.2) is 0 Å². The fourth-order valence-corrected chi connectivity index (χ4v) is 3.70. The standard InChI is InChI=1S/C25H24N2O4/c1-27-22(15-28)24(31-16-23(27)29)19-11-13-21(14-12-19)26-25(30)20-9-7-18(8-10-20)17-5-3-2-4-6-17/h2-14,22,24,28H,15-16H2,1H3,(H,26,30). The molecule has 1 saturated heterocycles. The highest BCUT2D eigenvalue weighted by atomic mass is 16.5. The third kappa shape index (κ3) is 4.50. The topological polar surface area (TPSA) is 78.9 Å². The lowest BCUT2D eigenvalue weighted by Crippen LogP contribution is -2.50. The SMILES string of the molecule is CN1C(=O)COC(c2ccc(NC(=O)c3ccc(-c4ccccc4)cc3)cc2)C1CO. The van der Waals surface area contributed by atoms with Gasteiger partial charge in [0, 0.05) is 18.3 Å². The number of anilines is 1. The van der Waals surface area contributed by atoms with Crippen LogP contribution in [0.4, 0.5) is 5.69 Å². The number of likely N-dealkylation sites (N-methyl/N-ethyl adjacent to an activating group) is 1. The molecular formula is C25H24N2O4. The number of ether oxygens (including phenoxy) is 1. The molecular weight excluding hydrogens is 392 g/mol. The van der Waals surface area contributed by atoms with Crippen molar-refractivity contribution in [2.45, 2.75) is 12.1 Å². The fourth-order valence-electron chi connectivity index (χ4n) is 3.70. The third-order valence-corrected chi connectivity index (χ3v) is 5.57. The molecule has 4 rings (SSSR count). The molecule has 3 aromatic carbocycles. The number of carbonyl (C=O) groups excluding carboxylic acids is 2. The average Bonchev–Trinajstić information content (AvgIpc) is 2.82. The summed E-state index contributed by atoms with van der Waals surface area (Å²) in [5.41, 5.74) is 4.21. The quantitative estimate of drug-likeness (QED) is 0.667. The Morgan fingerprint density at radius 3 is 2.29 bits per heavy atom. The lowest BCUT2D eigenvalue weighted by Gasteiger charge is -2.38. The van der Waals surface area contributed by atoms with E-state index in [1.54, 1.807) is 31.3 Å². The van der Waals surface area contributed by atoms with Crippen molar-refractivity contribution in [3.05, 3.63) is 90.0 Å². The maximum atomic E-state index is 12.6. The molecule has 0 aliphatic carbocycles. The summed E-state index contributed by atoms with van der Waals surface area (Å²) in [5.74, 6) is -0.350. The molecule has 0 radical (unpaired) electrons. The van der Waals surface area contributed by atoms with Gasteiger partial charge < -0.3 is 20.1 Å². The van der Waals surface area contributed by atoms with E-state index in [2.05, 4.69) is 5.32 Å². The van der Waals surface area contributed by atoms with Gasteiger partial charge in [-0.15, -0.1) is 0 Å². The lowest BCUT2D eigenvalue weighted by atomic mass is 9.99. The fraction of sp³-hybridized carbons (Fsp3) is 0.200. The van der Waals surface area contributed by atoms with Crippen molar-refractivity contribution in [1.29, 1.82) is 0 Å². The first-order valence-electron chi connectivity index (χ1n) is 10.1. The van der Waals surface area contributed by atoms with Crippen molar-refractivity contribution in [2.75, 3.05) is 25.6 Å². The Morgan fingerprint density at radius 2 is 1.65 bits per heavy atom. The molecule has 1 aliphatic rings. The van der Waals surface area contributed by atoms with E-state index in [4.69, 9.17) is 4.74 Å². The molecule has 2 unspecified atom stereocenters. The van der Waals surface area contributed by atoms with E-state index >= 15 is 0 Å². The molecule has 1 aliphatic heterocycles. The number of aliphatic hydroxyl groups excluding tert-OH is 1. The number of benzene rings is 3. The molecule has 2 atom stereocenters. The van der Waals surface area contributed by atoms with Gasteiger partial charge in [0.15, 0.2) is 0 Å². The molecule has 2 amide bonds. The minimum absolute atomic E-state index is 0.0187. The monoisotopic (exact) mass is 416 g/mol. The van der Waals surface area contributed by atoms with Gasteiger partial charge in [-0.3, -0.25) is 9.59 Å². The average molecular weight is 416 g/mol. The van der Waals surface area contributed by atoms with Crippen molar-refractivity contribution >= 4 is 17.5 Å². The summed E-state index contributed by atoms with van der Waals surface area (Å²) in [6.45, 7) is -0.209. The van der Waals surface area contributed by atoms with E-state index in [-0.39, 0.29) is 25.0 Å². The van der Waals surface area contributed by atoms with Crippen molar-refractivity contribution < 1.29 is 19.4 Å². The van der Waals surface area contributed by atoms with Crippen LogP contribution in [0.2, 0.25) is 0 Å². The van der Waals surface area contributed by atoms with Gasteiger partial charge in [0.2, 0.25) is 5.91 Å². The van der Waals surface area contributed by atoms with Crippen molar-refractivity contribution in [1.82, 2.24) is 4.90 Å². The molecule has 6 heteroatoms. The highest BCUT2D eigenvalue weighted by molar-refractivity contribution is 6.04. The number of hydrogen-bond acceptors (Lipinski definition) is 4. The van der Waals surface area contributed by atoms with Gasteiger partial charge in [-0.1, -0.05) is 54.6 Å². The first-order chi connectivity index (χ1) is 15.1. The third-order valence-electron chi connectivity index (χ3n) is 5.57. The van der Waals surface area contributed by atoms with Crippen LogP contribution in [0.3, 0.4) is 0 Å². The van der Waals surface area contributed by atoms with Gasteiger partial charge in [0.25, 0.3) is 5.91 Å². The number of carbonyl (C=O) groups is 2. The van der Waals surface area contributed by atoms with E-state index < -0.39 is 12.1 Å². The van der Waals surface area contributed by atoms with Crippen LogP contribution in [0.5, 0.6) is 0 Å². The molecule has 0 aromatic heterocycles. The maximum Gasteiger partial charge on any atom is 0.255 e. The van der Waals surface area contributed by atoms with Crippen LogP contribution in [0.1, 0.15) is 22.0 Å². The lowest BCUT2D eigenvalue weighted by molar-refractivity contribution is -0.157. The Labute approximate surface area is 181 Å².